The van der Waals surface area contributed by atoms with Crippen molar-refractivity contribution >= 4 is 5.69 Å². The van der Waals surface area contributed by atoms with E-state index in [1.807, 2.05) is 12.1 Å². The van der Waals surface area contributed by atoms with Crippen LogP contribution in [0.5, 0.6) is 0 Å². The molecule has 0 bridgehead atoms. The number of H-pyrrole nitrogens is 1. The number of nitrogen functional groups attached to an aromatic ring is 1. The zero-order valence-corrected chi connectivity index (χ0v) is 6.78. The van der Waals surface area contributed by atoms with E-state index in [0.717, 1.165) is 5.56 Å². The van der Waals surface area contributed by atoms with Crippen LogP contribution in [0.4, 0.5) is 5.69 Å². The van der Waals surface area contributed by atoms with E-state index in [2.05, 4.69) is 9.68 Å². The van der Waals surface area contributed by atoms with Gasteiger partial charge in [-0.05, 0) is 12.1 Å². The Morgan fingerprint density at radius 3 is 2.46 bits per heavy atom. The van der Waals surface area contributed by atoms with Crippen molar-refractivity contribution in [2.75, 3.05) is 5.73 Å². The van der Waals surface area contributed by atoms with Crippen molar-refractivity contribution in [3.63, 3.8) is 0 Å². The van der Waals surface area contributed by atoms with Crippen LogP contribution < -0.4 is 11.4 Å². The van der Waals surface area contributed by atoms with Gasteiger partial charge in [0.05, 0.1) is 11.8 Å². The summed E-state index contributed by atoms with van der Waals surface area (Å²) in [4.78, 5) is 10.7. The van der Waals surface area contributed by atoms with Crippen molar-refractivity contribution in [3.8, 4) is 11.3 Å². The first kappa shape index (κ1) is 7.67. The molecule has 1 aromatic carbocycles. The molecular formula is C9H8N2O2. The van der Waals surface area contributed by atoms with Crippen LogP contribution in [0.15, 0.2) is 39.6 Å². The maximum absolute atomic E-state index is 10.7. The zero-order chi connectivity index (χ0) is 9.26. The predicted octanol–water partition coefficient (Wildman–Crippen LogP) is 1.22. The van der Waals surface area contributed by atoms with Crippen LogP contribution in [-0.4, -0.2) is 5.16 Å². The average Bonchev–Trinajstić information content (AvgIpc) is 2.53. The second-order valence-electron chi connectivity index (χ2n) is 2.70. The van der Waals surface area contributed by atoms with Crippen LogP contribution in [0.3, 0.4) is 0 Å². The number of nitrogens with two attached hydrogens (primary N) is 1. The van der Waals surface area contributed by atoms with E-state index in [4.69, 9.17) is 5.73 Å². The molecule has 0 fully saturated rings. The second-order valence-corrected chi connectivity index (χ2v) is 2.70. The largest absolute Gasteiger partial charge is 0.399 e. The van der Waals surface area contributed by atoms with Gasteiger partial charge in [-0.3, -0.25) is 0 Å². The molecule has 0 spiro atoms. The Hall–Kier alpha value is -1.97. The van der Waals surface area contributed by atoms with Crippen LogP contribution in [0.25, 0.3) is 11.3 Å². The molecular weight excluding hydrogens is 168 g/mol. The number of rotatable bonds is 1. The minimum atomic E-state index is -0.383. The van der Waals surface area contributed by atoms with E-state index < -0.39 is 0 Å². The lowest BCUT2D eigenvalue weighted by atomic mass is 10.1. The Balaban J connectivity index is 2.47. The molecule has 66 valence electrons. The minimum absolute atomic E-state index is 0.383. The normalized spacial score (nSPS) is 10.2. The van der Waals surface area contributed by atoms with E-state index in [-0.39, 0.29) is 5.63 Å². The highest BCUT2D eigenvalue weighted by molar-refractivity contribution is 5.60. The molecule has 4 heteroatoms. The maximum atomic E-state index is 10.7. The van der Waals surface area contributed by atoms with Gasteiger partial charge in [-0.15, -0.1) is 0 Å². The molecule has 0 aliphatic rings. The highest BCUT2D eigenvalue weighted by Crippen LogP contribution is 2.16. The summed E-state index contributed by atoms with van der Waals surface area (Å²) in [5.41, 5.74) is 7.35. The fraction of sp³-hybridized carbons (Fsp3) is 0. The first-order chi connectivity index (χ1) is 6.25. The standard InChI is InChI=1S/C9H8N2O2/c10-7-3-1-6(2-4-7)8-5-9(12)13-11-8/h1-5,11H,10H2. The van der Waals surface area contributed by atoms with Gasteiger partial charge >= 0.3 is 5.63 Å². The van der Waals surface area contributed by atoms with Crippen LogP contribution in [0, 0.1) is 0 Å². The first-order valence-electron chi connectivity index (χ1n) is 3.80. The summed E-state index contributed by atoms with van der Waals surface area (Å²) in [5.74, 6) is 0. The van der Waals surface area contributed by atoms with Crippen molar-refractivity contribution < 1.29 is 4.52 Å². The summed E-state index contributed by atoms with van der Waals surface area (Å²) in [7, 11) is 0. The molecule has 0 atom stereocenters. The molecule has 1 heterocycles. The van der Waals surface area contributed by atoms with Crippen LogP contribution >= 0.6 is 0 Å². The van der Waals surface area contributed by atoms with Gasteiger partial charge in [-0.25, -0.2) is 9.95 Å². The third-order valence-electron chi connectivity index (χ3n) is 1.75. The van der Waals surface area contributed by atoms with Gasteiger partial charge in [0, 0.05) is 11.3 Å². The molecule has 0 unspecified atom stereocenters. The van der Waals surface area contributed by atoms with Crippen molar-refractivity contribution in [2.24, 2.45) is 0 Å². The van der Waals surface area contributed by atoms with Crippen molar-refractivity contribution in [1.29, 1.82) is 0 Å². The predicted molar refractivity (Wildman–Crippen MR) is 49.2 cm³/mol. The lowest BCUT2D eigenvalue weighted by Crippen LogP contribution is -1.86. The van der Waals surface area contributed by atoms with Gasteiger partial charge in [0.25, 0.3) is 0 Å². The maximum Gasteiger partial charge on any atom is 0.357 e. The van der Waals surface area contributed by atoms with Crippen molar-refractivity contribution in [2.45, 2.75) is 0 Å². The summed E-state index contributed by atoms with van der Waals surface area (Å²) in [6, 6.07) is 8.55. The van der Waals surface area contributed by atoms with Gasteiger partial charge in [-0.1, -0.05) is 12.1 Å². The number of hydrogen-bond donors (Lipinski definition) is 2. The average molecular weight is 176 g/mol. The van der Waals surface area contributed by atoms with Crippen LogP contribution in [0.1, 0.15) is 0 Å². The molecule has 4 nitrogen and oxygen atoms in total. The second kappa shape index (κ2) is 2.82. The third-order valence-corrected chi connectivity index (χ3v) is 1.75. The summed E-state index contributed by atoms with van der Waals surface area (Å²) in [6.45, 7) is 0. The van der Waals surface area contributed by atoms with Gasteiger partial charge in [0.2, 0.25) is 0 Å². The molecule has 0 aliphatic carbocycles. The van der Waals surface area contributed by atoms with Crippen LogP contribution in [-0.2, 0) is 0 Å². The highest BCUT2D eigenvalue weighted by atomic mass is 16.5. The molecule has 13 heavy (non-hydrogen) atoms. The topological polar surface area (TPSA) is 72.0 Å². The Labute approximate surface area is 74.0 Å². The highest BCUT2D eigenvalue weighted by Gasteiger charge is 2.00. The first-order valence-corrected chi connectivity index (χ1v) is 3.80. The van der Waals surface area contributed by atoms with Gasteiger partial charge in [0.1, 0.15) is 0 Å². The Morgan fingerprint density at radius 1 is 1.23 bits per heavy atom. The SMILES string of the molecule is Nc1ccc(-c2cc(=O)o[nH]2)cc1. The summed E-state index contributed by atoms with van der Waals surface area (Å²) < 4.78 is 4.54. The molecule has 2 rings (SSSR count). The Kier molecular flexibility index (Phi) is 1.66. The van der Waals surface area contributed by atoms with E-state index in [1.54, 1.807) is 12.1 Å². The lowest BCUT2D eigenvalue weighted by Gasteiger charge is -1.95. The number of anilines is 1. The smallest absolute Gasteiger partial charge is 0.357 e. The van der Waals surface area contributed by atoms with Gasteiger partial charge in [-0.2, -0.15) is 0 Å². The number of nitrogens with one attached hydrogen (secondary N) is 1. The number of aromatic nitrogens is 1. The quantitative estimate of drug-likeness (QED) is 0.641. The molecule has 1 aromatic heterocycles. The fourth-order valence-corrected chi connectivity index (χ4v) is 1.09. The lowest BCUT2D eigenvalue weighted by molar-refractivity contribution is 0.394. The third kappa shape index (κ3) is 1.46. The molecule has 3 N–H and O–H groups in total. The Bertz CT molecular complexity index is 453. The monoisotopic (exact) mass is 176 g/mol. The summed E-state index contributed by atoms with van der Waals surface area (Å²) in [5, 5.41) is 2.51. The molecule has 0 saturated heterocycles. The van der Waals surface area contributed by atoms with Crippen molar-refractivity contribution in [1.82, 2.24) is 5.16 Å². The molecule has 0 radical (unpaired) electrons. The number of aromatic amines is 1. The van der Waals surface area contributed by atoms with Gasteiger partial charge in [0.15, 0.2) is 0 Å². The molecule has 0 aliphatic heterocycles. The summed E-state index contributed by atoms with van der Waals surface area (Å²) >= 11 is 0. The van der Waals surface area contributed by atoms with Crippen LogP contribution in [0.2, 0.25) is 0 Å². The van der Waals surface area contributed by atoms with Crippen molar-refractivity contribution in [3.05, 3.63) is 40.8 Å². The number of benzene rings is 1. The summed E-state index contributed by atoms with van der Waals surface area (Å²) in [6.07, 6.45) is 0. The van der Waals surface area contributed by atoms with Gasteiger partial charge < -0.3 is 10.3 Å². The van der Waals surface area contributed by atoms with E-state index >= 15 is 0 Å². The molecule has 2 aromatic rings. The molecule has 0 amide bonds. The Morgan fingerprint density at radius 2 is 1.92 bits per heavy atom. The number of hydrogen-bond acceptors (Lipinski definition) is 3. The minimum Gasteiger partial charge on any atom is -0.399 e. The molecule has 0 saturated carbocycles. The zero-order valence-electron chi connectivity index (χ0n) is 6.78. The van der Waals surface area contributed by atoms with E-state index in [1.165, 1.54) is 6.07 Å². The fourth-order valence-electron chi connectivity index (χ4n) is 1.09. The van der Waals surface area contributed by atoms with E-state index in [9.17, 15) is 4.79 Å². The van der Waals surface area contributed by atoms with E-state index in [0.29, 0.717) is 11.4 Å².